The highest BCUT2D eigenvalue weighted by atomic mass is 35.5. The average molecular weight is 274 g/mol. The van der Waals surface area contributed by atoms with Crippen molar-refractivity contribution in [3.63, 3.8) is 0 Å². The van der Waals surface area contributed by atoms with Crippen molar-refractivity contribution in [3.05, 3.63) is 24.3 Å². The SMILES string of the molecule is COc1cccc(NC(=O)CNC(=O)CN)c1.Cl. The minimum atomic E-state index is -0.370. The molecule has 0 aliphatic heterocycles. The molecule has 0 spiro atoms. The normalized spacial score (nSPS) is 9.00. The zero-order valence-corrected chi connectivity index (χ0v) is 10.8. The summed E-state index contributed by atoms with van der Waals surface area (Å²) in [6.07, 6.45) is 0. The highest BCUT2D eigenvalue weighted by Gasteiger charge is 2.04. The molecular formula is C11H16ClN3O3. The molecule has 1 rings (SSSR count). The molecule has 0 heterocycles. The number of nitrogens with two attached hydrogens (primary N) is 1. The molecule has 0 aliphatic rings. The predicted octanol–water partition coefficient (Wildman–Crippen LogP) is 0.130. The number of hydrogen-bond acceptors (Lipinski definition) is 4. The van der Waals surface area contributed by atoms with Gasteiger partial charge in [-0.15, -0.1) is 12.4 Å². The molecule has 4 N–H and O–H groups in total. The summed E-state index contributed by atoms with van der Waals surface area (Å²) in [6.45, 7) is -0.236. The van der Waals surface area contributed by atoms with Crippen LogP contribution in [0.25, 0.3) is 0 Å². The van der Waals surface area contributed by atoms with Crippen molar-refractivity contribution < 1.29 is 14.3 Å². The zero-order chi connectivity index (χ0) is 12.7. The summed E-state index contributed by atoms with van der Waals surface area (Å²) in [5, 5.41) is 5.00. The van der Waals surface area contributed by atoms with E-state index in [0.29, 0.717) is 11.4 Å². The van der Waals surface area contributed by atoms with E-state index in [-0.39, 0.29) is 37.3 Å². The first kappa shape index (κ1) is 16.2. The average Bonchev–Trinajstić information content (AvgIpc) is 2.36. The van der Waals surface area contributed by atoms with Gasteiger partial charge >= 0.3 is 0 Å². The zero-order valence-electron chi connectivity index (χ0n) is 9.93. The van der Waals surface area contributed by atoms with Crippen molar-refractivity contribution in [2.24, 2.45) is 5.73 Å². The molecule has 0 bridgehead atoms. The fourth-order valence-electron chi connectivity index (χ4n) is 1.16. The monoisotopic (exact) mass is 273 g/mol. The number of carbonyl (C=O) groups excluding carboxylic acids is 2. The summed E-state index contributed by atoms with van der Waals surface area (Å²) in [4.78, 5) is 22.3. The Hall–Kier alpha value is -1.79. The smallest absolute Gasteiger partial charge is 0.243 e. The molecule has 7 heteroatoms. The van der Waals surface area contributed by atoms with Crippen LogP contribution in [0.15, 0.2) is 24.3 Å². The van der Waals surface area contributed by atoms with Crippen LogP contribution in [0.3, 0.4) is 0 Å². The second-order valence-electron chi connectivity index (χ2n) is 3.26. The van der Waals surface area contributed by atoms with Gasteiger partial charge in [0, 0.05) is 11.8 Å². The molecule has 1 aromatic rings. The van der Waals surface area contributed by atoms with Crippen LogP contribution in [0.5, 0.6) is 5.75 Å². The molecule has 0 radical (unpaired) electrons. The van der Waals surface area contributed by atoms with E-state index < -0.39 is 0 Å². The van der Waals surface area contributed by atoms with Crippen LogP contribution in [-0.2, 0) is 9.59 Å². The van der Waals surface area contributed by atoms with Gasteiger partial charge in [0.1, 0.15) is 5.75 Å². The fraction of sp³-hybridized carbons (Fsp3) is 0.273. The van der Waals surface area contributed by atoms with Gasteiger partial charge in [0.2, 0.25) is 11.8 Å². The van der Waals surface area contributed by atoms with Gasteiger partial charge in [-0.25, -0.2) is 0 Å². The van der Waals surface area contributed by atoms with Crippen LogP contribution in [0.2, 0.25) is 0 Å². The highest BCUT2D eigenvalue weighted by Crippen LogP contribution is 2.16. The van der Waals surface area contributed by atoms with Gasteiger partial charge in [0.05, 0.1) is 20.2 Å². The Kier molecular flexibility index (Phi) is 7.50. The molecule has 0 aromatic heterocycles. The Morgan fingerprint density at radius 1 is 1.33 bits per heavy atom. The van der Waals surface area contributed by atoms with Gasteiger partial charge in [0.15, 0.2) is 0 Å². The number of rotatable bonds is 5. The van der Waals surface area contributed by atoms with E-state index in [2.05, 4.69) is 10.6 Å². The van der Waals surface area contributed by atoms with Crippen LogP contribution >= 0.6 is 12.4 Å². The largest absolute Gasteiger partial charge is 0.497 e. The lowest BCUT2D eigenvalue weighted by molar-refractivity contribution is -0.123. The minimum Gasteiger partial charge on any atom is -0.497 e. The predicted molar refractivity (Wildman–Crippen MR) is 70.9 cm³/mol. The summed E-state index contributed by atoms with van der Waals surface area (Å²) in [5.41, 5.74) is 5.70. The van der Waals surface area contributed by atoms with Crippen molar-refractivity contribution in [1.82, 2.24) is 5.32 Å². The number of nitrogens with one attached hydrogen (secondary N) is 2. The molecule has 0 aliphatic carbocycles. The second-order valence-corrected chi connectivity index (χ2v) is 3.26. The van der Waals surface area contributed by atoms with Crippen LogP contribution in [0.1, 0.15) is 0 Å². The van der Waals surface area contributed by atoms with Crippen LogP contribution < -0.4 is 21.1 Å². The van der Waals surface area contributed by atoms with Gasteiger partial charge in [0.25, 0.3) is 0 Å². The summed E-state index contributed by atoms with van der Waals surface area (Å²) in [5.74, 6) is -0.0420. The molecule has 0 fully saturated rings. The van der Waals surface area contributed by atoms with E-state index in [1.54, 1.807) is 31.4 Å². The molecule has 0 saturated carbocycles. The van der Waals surface area contributed by atoms with E-state index in [9.17, 15) is 9.59 Å². The van der Waals surface area contributed by atoms with Crippen molar-refractivity contribution in [2.75, 3.05) is 25.5 Å². The summed E-state index contributed by atoms with van der Waals surface area (Å²) in [6, 6.07) is 6.94. The van der Waals surface area contributed by atoms with Gasteiger partial charge in [-0.3, -0.25) is 9.59 Å². The fourth-order valence-corrected chi connectivity index (χ4v) is 1.16. The molecule has 1 aromatic carbocycles. The van der Waals surface area contributed by atoms with Crippen molar-refractivity contribution >= 4 is 29.9 Å². The maximum atomic E-state index is 11.4. The van der Waals surface area contributed by atoms with Crippen molar-refractivity contribution in [3.8, 4) is 5.75 Å². The number of anilines is 1. The maximum Gasteiger partial charge on any atom is 0.243 e. The third-order valence-corrected chi connectivity index (χ3v) is 1.99. The molecule has 0 unspecified atom stereocenters. The quantitative estimate of drug-likeness (QED) is 0.711. The Morgan fingerprint density at radius 2 is 2.06 bits per heavy atom. The lowest BCUT2D eigenvalue weighted by Gasteiger charge is -2.07. The number of ether oxygens (including phenoxy) is 1. The first-order chi connectivity index (χ1) is 8.15. The molecule has 18 heavy (non-hydrogen) atoms. The standard InChI is InChI=1S/C11H15N3O3.ClH/c1-17-9-4-2-3-8(5-9)14-11(16)7-13-10(15)6-12;/h2-5H,6-7,12H2,1H3,(H,13,15)(H,14,16);1H. The summed E-state index contributed by atoms with van der Waals surface area (Å²) >= 11 is 0. The summed E-state index contributed by atoms with van der Waals surface area (Å²) in [7, 11) is 1.54. The van der Waals surface area contributed by atoms with Gasteiger partial charge in [-0.05, 0) is 12.1 Å². The molecular weight excluding hydrogens is 258 g/mol. The van der Waals surface area contributed by atoms with Gasteiger partial charge in [-0.1, -0.05) is 6.07 Å². The number of hydrogen-bond donors (Lipinski definition) is 3. The highest BCUT2D eigenvalue weighted by molar-refractivity contribution is 5.94. The van der Waals surface area contributed by atoms with Crippen LogP contribution in [0.4, 0.5) is 5.69 Å². The molecule has 2 amide bonds. The van der Waals surface area contributed by atoms with E-state index in [0.717, 1.165) is 0 Å². The summed E-state index contributed by atoms with van der Waals surface area (Å²) < 4.78 is 5.01. The molecule has 0 saturated heterocycles. The van der Waals surface area contributed by atoms with Crippen molar-refractivity contribution in [2.45, 2.75) is 0 Å². The van der Waals surface area contributed by atoms with Gasteiger partial charge < -0.3 is 21.1 Å². The van der Waals surface area contributed by atoms with Crippen LogP contribution in [0, 0.1) is 0 Å². The number of benzene rings is 1. The van der Waals surface area contributed by atoms with Crippen LogP contribution in [-0.4, -0.2) is 32.0 Å². The number of methoxy groups -OCH3 is 1. The van der Waals surface area contributed by atoms with E-state index in [1.165, 1.54) is 0 Å². The molecule has 100 valence electrons. The third kappa shape index (κ3) is 5.51. The first-order valence-electron chi connectivity index (χ1n) is 5.06. The number of halogens is 1. The van der Waals surface area contributed by atoms with E-state index >= 15 is 0 Å². The molecule has 0 atom stereocenters. The Morgan fingerprint density at radius 3 is 2.67 bits per heavy atom. The first-order valence-corrected chi connectivity index (χ1v) is 5.06. The Bertz CT molecular complexity index is 412. The number of amides is 2. The van der Waals surface area contributed by atoms with E-state index in [4.69, 9.17) is 10.5 Å². The van der Waals surface area contributed by atoms with Gasteiger partial charge in [-0.2, -0.15) is 0 Å². The maximum absolute atomic E-state index is 11.4. The second kappa shape index (κ2) is 8.32. The Balaban J connectivity index is 0.00000289. The number of carbonyl (C=O) groups is 2. The lowest BCUT2D eigenvalue weighted by atomic mass is 10.3. The van der Waals surface area contributed by atoms with Crippen molar-refractivity contribution in [1.29, 1.82) is 0 Å². The Labute approximate surface area is 111 Å². The molecule has 6 nitrogen and oxygen atoms in total. The van der Waals surface area contributed by atoms with E-state index in [1.807, 2.05) is 0 Å². The lowest BCUT2D eigenvalue weighted by Crippen LogP contribution is -2.36. The third-order valence-electron chi connectivity index (χ3n) is 1.99. The topological polar surface area (TPSA) is 93.5 Å². The minimum absolute atomic E-state index is 0.